The maximum Gasteiger partial charge on any atom is 0.0934 e. The molecule has 0 spiro atoms. The van der Waals surface area contributed by atoms with E-state index in [1.807, 2.05) is 0 Å². The van der Waals surface area contributed by atoms with Gasteiger partial charge in [-0.3, -0.25) is 5.41 Å². The molecular formula is C4H9N2. The van der Waals surface area contributed by atoms with Gasteiger partial charge < -0.3 is 5.73 Å². The predicted molar refractivity (Wildman–Crippen MR) is 26.4 cm³/mol. The zero-order chi connectivity index (χ0) is 5.15. The molecule has 2 nitrogen and oxygen atoms in total. The minimum Gasteiger partial charge on any atom is -0.387 e. The summed E-state index contributed by atoms with van der Waals surface area (Å²) in [6.45, 7) is 5.27. The molecule has 6 heavy (non-hydrogen) atoms. The molecule has 0 bridgehead atoms. The first-order valence-electron chi connectivity index (χ1n) is 1.81. The van der Waals surface area contributed by atoms with Crippen LogP contribution in [0.15, 0.2) is 0 Å². The molecule has 35 valence electrons. The zero-order valence-corrected chi connectivity index (χ0v) is 3.86. The summed E-state index contributed by atoms with van der Waals surface area (Å²) < 4.78 is 0. The van der Waals surface area contributed by atoms with Crippen LogP contribution >= 0.6 is 0 Å². The van der Waals surface area contributed by atoms with Gasteiger partial charge in [0.1, 0.15) is 0 Å². The molecule has 0 saturated heterocycles. The quantitative estimate of drug-likeness (QED) is 0.351. The van der Waals surface area contributed by atoms with Crippen LogP contribution in [0.25, 0.3) is 0 Å². The van der Waals surface area contributed by atoms with Crippen molar-refractivity contribution in [2.45, 2.75) is 6.92 Å². The summed E-state index contributed by atoms with van der Waals surface area (Å²) in [5.74, 6) is 0.111. The van der Waals surface area contributed by atoms with Crippen LogP contribution in [0.4, 0.5) is 0 Å². The third-order valence-electron chi connectivity index (χ3n) is 0.531. The summed E-state index contributed by atoms with van der Waals surface area (Å²) in [5.41, 5.74) is 4.96. The van der Waals surface area contributed by atoms with Gasteiger partial charge >= 0.3 is 0 Å². The van der Waals surface area contributed by atoms with Gasteiger partial charge in [0.15, 0.2) is 0 Å². The van der Waals surface area contributed by atoms with E-state index < -0.39 is 0 Å². The predicted octanol–water partition coefficient (Wildman–Crippen LogP) is 0.393. The molecule has 0 aliphatic heterocycles. The highest BCUT2D eigenvalue weighted by Crippen LogP contribution is 1.84. The first kappa shape index (κ1) is 5.47. The van der Waals surface area contributed by atoms with E-state index in [4.69, 9.17) is 11.1 Å². The number of amidine groups is 1. The number of nitrogens with one attached hydrogen (secondary N) is 1. The Labute approximate surface area is 37.9 Å². The molecule has 0 aromatic rings. The molecule has 0 heterocycles. The van der Waals surface area contributed by atoms with E-state index in [0.717, 1.165) is 0 Å². The fourth-order valence-corrected chi connectivity index (χ4v) is 0. The van der Waals surface area contributed by atoms with Gasteiger partial charge in [-0.2, -0.15) is 0 Å². The topological polar surface area (TPSA) is 49.9 Å². The van der Waals surface area contributed by atoms with E-state index in [0.29, 0.717) is 0 Å². The van der Waals surface area contributed by atoms with Crippen molar-refractivity contribution in [3.05, 3.63) is 6.92 Å². The van der Waals surface area contributed by atoms with Crippen LogP contribution in [0.2, 0.25) is 0 Å². The van der Waals surface area contributed by atoms with E-state index in [1.54, 1.807) is 6.92 Å². The average molecular weight is 85.1 g/mol. The molecule has 1 radical (unpaired) electrons. The molecule has 1 atom stereocenters. The third kappa shape index (κ3) is 1.76. The molecule has 0 aromatic heterocycles. The normalized spacial score (nSPS) is 9.17. The van der Waals surface area contributed by atoms with Crippen molar-refractivity contribution in [1.29, 1.82) is 5.41 Å². The molecule has 0 saturated carbocycles. The van der Waals surface area contributed by atoms with Crippen molar-refractivity contribution in [1.82, 2.24) is 0 Å². The lowest BCUT2D eigenvalue weighted by molar-refractivity contribution is 0.966. The van der Waals surface area contributed by atoms with Gasteiger partial charge in [0.05, 0.1) is 5.84 Å². The smallest absolute Gasteiger partial charge is 0.0934 e. The van der Waals surface area contributed by atoms with Crippen molar-refractivity contribution in [2.75, 3.05) is 0 Å². The van der Waals surface area contributed by atoms with Crippen LogP contribution in [0, 0.1) is 18.3 Å². The molecule has 0 aliphatic rings. The van der Waals surface area contributed by atoms with Gasteiger partial charge in [0, 0.05) is 5.92 Å². The van der Waals surface area contributed by atoms with Crippen molar-refractivity contribution >= 4 is 5.84 Å². The molecule has 3 N–H and O–H groups in total. The van der Waals surface area contributed by atoms with Crippen LogP contribution in [-0.4, -0.2) is 5.84 Å². The first-order valence-corrected chi connectivity index (χ1v) is 1.81. The Hall–Kier alpha value is -0.530. The summed E-state index contributed by atoms with van der Waals surface area (Å²) in [7, 11) is 0. The maximum absolute atomic E-state index is 6.66. The van der Waals surface area contributed by atoms with Gasteiger partial charge in [-0.15, -0.1) is 0 Å². The standard InChI is InChI=1S/C4H9N2/c1-3(2)4(5)6/h3H,1H2,2H3,(H3,5,6). The molecule has 0 amide bonds. The van der Waals surface area contributed by atoms with Gasteiger partial charge in [0.25, 0.3) is 0 Å². The lowest BCUT2D eigenvalue weighted by Gasteiger charge is -1.95. The Kier molecular flexibility index (Phi) is 1.64. The van der Waals surface area contributed by atoms with Crippen LogP contribution < -0.4 is 5.73 Å². The van der Waals surface area contributed by atoms with Crippen LogP contribution in [-0.2, 0) is 0 Å². The maximum atomic E-state index is 6.66. The summed E-state index contributed by atoms with van der Waals surface area (Å²) in [5, 5.41) is 6.66. The minimum absolute atomic E-state index is 0.0370. The number of hydrogen-bond acceptors (Lipinski definition) is 1. The van der Waals surface area contributed by atoms with Crippen molar-refractivity contribution in [3.8, 4) is 0 Å². The second kappa shape index (κ2) is 1.80. The second-order valence-corrected chi connectivity index (χ2v) is 1.36. The number of hydrogen-bond donors (Lipinski definition) is 2. The van der Waals surface area contributed by atoms with Gasteiger partial charge in [0.2, 0.25) is 0 Å². The monoisotopic (exact) mass is 85.1 g/mol. The van der Waals surface area contributed by atoms with E-state index in [1.165, 1.54) is 0 Å². The van der Waals surface area contributed by atoms with E-state index >= 15 is 0 Å². The molecule has 2 heteroatoms. The number of rotatable bonds is 1. The van der Waals surface area contributed by atoms with E-state index in [2.05, 4.69) is 6.92 Å². The molecule has 0 fully saturated rings. The summed E-state index contributed by atoms with van der Waals surface area (Å²) in [6, 6.07) is 0. The van der Waals surface area contributed by atoms with E-state index in [9.17, 15) is 0 Å². The summed E-state index contributed by atoms with van der Waals surface area (Å²) >= 11 is 0. The average Bonchev–Trinajstić information content (AvgIpc) is 1.36. The van der Waals surface area contributed by atoms with Crippen molar-refractivity contribution < 1.29 is 0 Å². The largest absolute Gasteiger partial charge is 0.387 e. The second-order valence-electron chi connectivity index (χ2n) is 1.36. The highest BCUT2D eigenvalue weighted by atomic mass is 14.7. The Bertz CT molecular complexity index is 56.6. The van der Waals surface area contributed by atoms with E-state index in [-0.39, 0.29) is 11.8 Å². The summed E-state index contributed by atoms with van der Waals surface area (Å²) in [6.07, 6.45) is 0. The first-order chi connectivity index (χ1) is 2.64. The fourth-order valence-electron chi connectivity index (χ4n) is 0. The van der Waals surface area contributed by atoms with Crippen molar-refractivity contribution in [2.24, 2.45) is 11.7 Å². The van der Waals surface area contributed by atoms with Crippen LogP contribution in [0.3, 0.4) is 0 Å². The Morgan fingerprint density at radius 3 is 2.17 bits per heavy atom. The van der Waals surface area contributed by atoms with Gasteiger partial charge in [-0.05, 0) is 6.92 Å². The van der Waals surface area contributed by atoms with Crippen LogP contribution in [0.5, 0.6) is 0 Å². The fraction of sp³-hybridized carbons (Fsp3) is 0.500. The van der Waals surface area contributed by atoms with Gasteiger partial charge in [-0.1, -0.05) is 6.92 Å². The molecule has 1 unspecified atom stereocenters. The number of nitrogens with two attached hydrogens (primary N) is 1. The molecule has 0 aliphatic carbocycles. The Balaban J connectivity index is 3.26. The Morgan fingerprint density at radius 2 is 2.17 bits per heavy atom. The highest BCUT2D eigenvalue weighted by molar-refractivity contribution is 5.79. The van der Waals surface area contributed by atoms with Gasteiger partial charge in [-0.25, -0.2) is 0 Å². The molecule has 0 rings (SSSR count). The third-order valence-corrected chi connectivity index (χ3v) is 0.531. The Morgan fingerprint density at radius 1 is 2.00 bits per heavy atom. The summed E-state index contributed by atoms with van der Waals surface area (Å²) in [4.78, 5) is 0. The SMILES string of the molecule is [CH2]C(C)C(=N)N. The highest BCUT2D eigenvalue weighted by Gasteiger charge is 1.91. The minimum atomic E-state index is -0.0370. The van der Waals surface area contributed by atoms with Crippen molar-refractivity contribution in [3.63, 3.8) is 0 Å². The lowest BCUT2D eigenvalue weighted by atomic mass is 10.2. The zero-order valence-electron chi connectivity index (χ0n) is 3.86. The van der Waals surface area contributed by atoms with Crippen LogP contribution in [0.1, 0.15) is 6.92 Å². The molecule has 0 aromatic carbocycles. The molecular weight excluding hydrogens is 76.1 g/mol. The lowest BCUT2D eigenvalue weighted by Crippen LogP contribution is -2.16.